The first-order valence-electron chi connectivity index (χ1n) is 8.87. The number of nitrogens with one attached hydrogen (secondary N) is 1. The number of anilines is 1. The molecule has 144 valence electrons. The van der Waals surface area contributed by atoms with Crippen LogP contribution in [0.5, 0.6) is 5.75 Å². The third-order valence-corrected chi connectivity index (χ3v) is 4.78. The molecule has 2 aromatic rings. The van der Waals surface area contributed by atoms with Crippen molar-refractivity contribution in [2.24, 2.45) is 11.7 Å². The zero-order valence-electron chi connectivity index (χ0n) is 14.9. The van der Waals surface area contributed by atoms with E-state index in [-0.39, 0.29) is 18.2 Å². The van der Waals surface area contributed by atoms with Crippen molar-refractivity contribution in [1.82, 2.24) is 4.90 Å². The molecule has 1 fully saturated rings. The van der Waals surface area contributed by atoms with Crippen LogP contribution in [0, 0.1) is 5.92 Å². The van der Waals surface area contributed by atoms with Gasteiger partial charge in [-0.2, -0.15) is 8.78 Å². The van der Waals surface area contributed by atoms with Gasteiger partial charge in [-0.25, -0.2) is 0 Å². The molecule has 3 N–H and O–H groups in total. The lowest BCUT2D eigenvalue weighted by atomic mass is 9.89. The number of halogens is 2. The Hall–Kier alpha value is -2.51. The average Bonchev–Trinajstić information content (AvgIpc) is 3.06. The number of carbonyl (C=O) groups is 1. The molecule has 1 amide bonds. The van der Waals surface area contributed by atoms with Crippen molar-refractivity contribution < 1.29 is 18.3 Å². The van der Waals surface area contributed by atoms with Gasteiger partial charge in [-0.15, -0.1) is 0 Å². The van der Waals surface area contributed by atoms with Crippen LogP contribution in [-0.4, -0.2) is 43.6 Å². The van der Waals surface area contributed by atoms with Crippen LogP contribution in [0.3, 0.4) is 0 Å². The van der Waals surface area contributed by atoms with E-state index in [4.69, 9.17) is 5.73 Å². The summed E-state index contributed by atoms with van der Waals surface area (Å²) in [5, 5.41) is 2.78. The van der Waals surface area contributed by atoms with E-state index in [1.807, 2.05) is 18.2 Å². The molecule has 0 radical (unpaired) electrons. The van der Waals surface area contributed by atoms with Crippen LogP contribution in [-0.2, 0) is 4.79 Å². The topological polar surface area (TPSA) is 67.6 Å². The average molecular weight is 375 g/mol. The van der Waals surface area contributed by atoms with Gasteiger partial charge in [0.15, 0.2) is 0 Å². The molecule has 1 aliphatic heterocycles. The van der Waals surface area contributed by atoms with E-state index >= 15 is 0 Å². The first-order valence-corrected chi connectivity index (χ1v) is 8.87. The van der Waals surface area contributed by atoms with Crippen molar-refractivity contribution in [3.63, 3.8) is 0 Å². The van der Waals surface area contributed by atoms with Gasteiger partial charge in [-0.3, -0.25) is 9.69 Å². The Kier molecular flexibility index (Phi) is 6.36. The molecule has 0 bridgehead atoms. The molecule has 1 heterocycles. The standard InChI is InChI=1S/C20H23F2N3O2/c21-20(22)27-17-8-6-16(7-9-17)24-19(26)13-25-11-15(10-23)18(12-25)14-4-2-1-3-5-14/h1-9,15,18,20H,10-13,23H2,(H,24,26)/t15-,18+/m1/s1. The van der Waals surface area contributed by atoms with Crippen molar-refractivity contribution in [3.05, 3.63) is 60.2 Å². The first kappa shape index (κ1) is 19.3. The van der Waals surface area contributed by atoms with Crippen LogP contribution in [0.4, 0.5) is 14.5 Å². The fourth-order valence-electron chi connectivity index (χ4n) is 3.53. The smallest absolute Gasteiger partial charge is 0.387 e. The minimum atomic E-state index is -2.87. The molecule has 27 heavy (non-hydrogen) atoms. The van der Waals surface area contributed by atoms with Gasteiger partial charge in [0, 0.05) is 24.7 Å². The van der Waals surface area contributed by atoms with Gasteiger partial charge in [0.25, 0.3) is 0 Å². The third-order valence-electron chi connectivity index (χ3n) is 4.78. The molecule has 0 aliphatic carbocycles. The van der Waals surface area contributed by atoms with Crippen molar-refractivity contribution >= 4 is 11.6 Å². The Labute approximate surface area is 157 Å². The number of amides is 1. The summed E-state index contributed by atoms with van der Waals surface area (Å²) in [5.74, 6) is 0.529. The number of alkyl halides is 2. The number of carbonyl (C=O) groups excluding carboxylic acids is 1. The zero-order chi connectivity index (χ0) is 19.2. The molecule has 0 spiro atoms. The summed E-state index contributed by atoms with van der Waals surface area (Å²) in [7, 11) is 0. The molecule has 2 aromatic carbocycles. The minimum Gasteiger partial charge on any atom is -0.435 e. The highest BCUT2D eigenvalue weighted by Gasteiger charge is 2.33. The number of nitrogens with zero attached hydrogens (tertiary/aromatic N) is 1. The maximum atomic E-state index is 12.3. The van der Waals surface area contributed by atoms with E-state index in [1.165, 1.54) is 29.8 Å². The van der Waals surface area contributed by atoms with Gasteiger partial charge in [0.1, 0.15) is 5.75 Å². The quantitative estimate of drug-likeness (QED) is 0.781. The fraction of sp³-hybridized carbons (Fsp3) is 0.350. The molecule has 1 aliphatic rings. The van der Waals surface area contributed by atoms with E-state index in [1.54, 1.807) is 0 Å². The Morgan fingerprint density at radius 2 is 1.85 bits per heavy atom. The normalized spacial score (nSPS) is 20.0. The maximum Gasteiger partial charge on any atom is 0.387 e. The molecule has 3 rings (SSSR count). The highest BCUT2D eigenvalue weighted by atomic mass is 19.3. The third kappa shape index (κ3) is 5.24. The van der Waals surface area contributed by atoms with Crippen LogP contribution >= 0.6 is 0 Å². The number of ether oxygens (including phenoxy) is 1. The molecule has 0 unspecified atom stereocenters. The summed E-state index contributed by atoms with van der Waals surface area (Å²) >= 11 is 0. The van der Waals surface area contributed by atoms with Gasteiger partial charge < -0.3 is 15.8 Å². The summed E-state index contributed by atoms with van der Waals surface area (Å²) in [6, 6.07) is 16.1. The van der Waals surface area contributed by atoms with E-state index in [0.717, 1.165) is 13.1 Å². The van der Waals surface area contributed by atoms with Gasteiger partial charge >= 0.3 is 6.61 Å². The second kappa shape index (κ2) is 8.92. The lowest BCUT2D eigenvalue weighted by Gasteiger charge is -2.16. The highest BCUT2D eigenvalue weighted by Crippen LogP contribution is 2.31. The van der Waals surface area contributed by atoms with Crippen LogP contribution < -0.4 is 15.8 Å². The fourth-order valence-corrected chi connectivity index (χ4v) is 3.53. The van der Waals surface area contributed by atoms with Crippen molar-refractivity contribution in [2.75, 3.05) is 31.5 Å². The zero-order valence-corrected chi connectivity index (χ0v) is 14.9. The summed E-state index contributed by atoms with van der Waals surface area (Å²) in [6.45, 7) is -0.488. The molecule has 1 saturated heterocycles. The summed E-state index contributed by atoms with van der Waals surface area (Å²) in [4.78, 5) is 14.4. The highest BCUT2D eigenvalue weighted by molar-refractivity contribution is 5.92. The molecule has 5 nitrogen and oxygen atoms in total. The van der Waals surface area contributed by atoms with Crippen LogP contribution in [0.25, 0.3) is 0 Å². The minimum absolute atomic E-state index is 0.0547. The van der Waals surface area contributed by atoms with E-state index in [0.29, 0.717) is 24.1 Å². The number of nitrogens with two attached hydrogens (primary N) is 1. The van der Waals surface area contributed by atoms with Crippen molar-refractivity contribution in [3.8, 4) is 5.75 Å². The summed E-state index contributed by atoms with van der Waals surface area (Å²) < 4.78 is 28.6. The molecule has 7 heteroatoms. The Balaban J connectivity index is 1.55. The summed E-state index contributed by atoms with van der Waals surface area (Å²) in [5.41, 5.74) is 7.71. The SMILES string of the molecule is NC[C@@H]1CN(CC(=O)Nc2ccc(OC(F)F)cc2)C[C@H]1c1ccccc1. The van der Waals surface area contributed by atoms with Crippen LogP contribution in [0.15, 0.2) is 54.6 Å². The van der Waals surface area contributed by atoms with Crippen LogP contribution in [0.2, 0.25) is 0 Å². The second-order valence-corrected chi connectivity index (χ2v) is 6.66. The monoisotopic (exact) mass is 375 g/mol. The summed E-state index contributed by atoms with van der Waals surface area (Å²) in [6.07, 6.45) is 0. The lowest BCUT2D eigenvalue weighted by molar-refractivity contribution is -0.117. The van der Waals surface area contributed by atoms with Crippen LogP contribution in [0.1, 0.15) is 11.5 Å². The predicted molar refractivity (Wildman–Crippen MR) is 99.9 cm³/mol. The van der Waals surface area contributed by atoms with Crippen molar-refractivity contribution in [2.45, 2.75) is 12.5 Å². The van der Waals surface area contributed by atoms with Gasteiger partial charge in [0.05, 0.1) is 6.54 Å². The molecule has 2 atom stereocenters. The maximum absolute atomic E-state index is 12.3. The van der Waals surface area contributed by atoms with Gasteiger partial charge in [0.2, 0.25) is 5.91 Å². The van der Waals surface area contributed by atoms with Gasteiger partial charge in [-0.05, 0) is 42.3 Å². The lowest BCUT2D eigenvalue weighted by Crippen LogP contribution is -2.32. The number of rotatable bonds is 7. The Bertz CT molecular complexity index is 741. The number of likely N-dealkylation sites (tertiary alicyclic amines) is 1. The Morgan fingerprint density at radius 3 is 2.48 bits per heavy atom. The largest absolute Gasteiger partial charge is 0.435 e. The number of hydrogen-bond acceptors (Lipinski definition) is 4. The van der Waals surface area contributed by atoms with Gasteiger partial charge in [-0.1, -0.05) is 30.3 Å². The molecular formula is C20H23F2N3O2. The first-order chi connectivity index (χ1) is 13.0. The molecular weight excluding hydrogens is 352 g/mol. The predicted octanol–water partition coefficient (Wildman–Crippen LogP) is 2.90. The molecule has 0 aromatic heterocycles. The molecule has 0 saturated carbocycles. The van der Waals surface area contributed by atoms with E-state index < -0.39 is 6.61 Å². The Morgan fingerprint density at radius 1 is 1.15 bits per heavy atom. The number of hydrogen-bond donors (Lipinski definition) is 2. The van der Waals surface area contributed by atoms with E-state index in [2.05, 4.69) is 27.1 Å². The second-order valence-electron chi connectivity index (χ2n) is 6.66. The number of benzene rings is 2. The van der Waals surface area contributed by atoms with E-state index in [9.17, 15) is 13.6 Å². The van der Waals surface area contributed by atoms with Crippen molar-refractivity contribution in [1.29, 1.82) is 0 Å².